The third-order valence-corrected chi connectivity index (χ3v) is 6.45. The molecule has 0 saturated carbocycles. The van der Waals surface area contributed by atoms with Crippen LogP contribution < -0.4 is 5.73 Å². The van der Waals surface area contributed by atoms with E-state index >= 15 is 0 Å². The summed E-state index contributed by atoms with van der Waals surface area (Å²) in [7, 11) is -9.91. The molecular formula is C20H13N3O8S2-2. The topological polar surface area (TPSA) is 206 Å². The van der Waals surface area contributed by atoms with Gasteiger partial charge >= 0.3 is 0 Å². The van der Waals surface area contributed by atoms with Crippen LogP contribution in [-0.4, -0.2) is 36.2 Å². The fraction of sp³-hybridized carbons (Fsp3) is 0. The van der Waals surface area contributed by atoms with Crippen LogP contribution in [0.1, 0.15) is 0 Å². The molecule has 4 aromatic carbocycles. The summed E-state index contributed by atoms with van der Waals surface area (Å²) in [6, 6.07) is 11.1. The molecule has 0 heterocycles. The average molecular weight is 487 g/mol. The van der Waals surface area contributed by atoms with Crippen molar-refractivity contribution in [1.82, 2.24) is 0 Å². The molecule has 0 amide bonds. The minimum absolute atomic E-state index is 0.0494. The van der Waals surface area contributed by atoms with E-state index in [1.165, 1.54) is 36.4 Å². The van der Waals surface area contributed by atoms with E-state index < -0.39 is 47.2 Å². The highest BCUT2D eigenvalue weighted by Crippen LogP contribution is 2.42. The molecule has 13 heteroatoms. The smallest absolute Gasteiger partial charge is 0.152 e. The first-order chi connectivity index (χ1) is 15.3. The number of nitrogens with zero attached hydrogens (tertiary/aromatic N) is 2. The molecule has 0 bridgehead atoms. The van der Waals surface area contributed by atoms with Gasteiger partial charge in [0.15, 0.2) is 5.75 Å². The van der Waals surface area contributed by atoms with Gasteiger partial charge < -0.3 is 25.1 Å². The van der Waals surface area contributed by atoms with Gasteiger partial charge in [-0.3, -0.25) is 0 Å². The minimum atomic E-state index is -5.07. The number of phenolic OH excluding ortho intramolecular Hbond substituents is 2. The molecule has 0 aromatic heterocycles. The van der Waals surface area contributed by atoms with Gasteiger partial charge in [0.25, 0.3) is 0 Å². The van der Waals surface area contributed by atoms with Gasteiger partial charge in [-0.1, -0.05) is 0 Å². The number of fused-ring (bicyclic) bond motifs is 2. The van der Waals surface area contributed by atoms with Crippen LogP contribution in [-0.2, 0) is 20.2 Å². The number of phenols is 2. The Kier molecular flexibility index (Phi) is 5.21. The molecule has 4 rings (SSSR count). The van der Waals surface area contributed by atoms with Gasteiger partial charge in [0, 0.05) is 16.5 Å². The third kappa shape index (κ3) is 4.29. The van der Waals surface area contributed by atoms with E-state index in [1.807, 2.05) is 0 Å². The van der Waals surface area contributed by atoms with Gasteiger partial charge in [-0.05, 0) is 65.4 Å². The quantitative estimate of drug-likeness (QED) is 0.219. The highest BCUT2D eigenvalue weighted by atomic mass is 32.2. The summed E-state index contributed by atoms with van der Waals surface area (Å²) in [4.78, 5) is -1.48. The van der Waals surface area contributed by atoms with E-state index in [0.717, 1.165) is 18.2 Å². The summed E-state index contributed by atoms with van der Waals surface area (Å²) in [6.07, 6.45) is 0. The lowest BCUT2D eigenvalue weighted by Gasteiger charge is -2.13. The molecule has 4 aromatic rings. The van der Waals surface area contributed by atoms with Gasteiger partial charge in [-0.2, -0.15) is 5.11 Å². The molecule has 0 aliphatic heterocycles. The molecule has 0 saturated heterocycles. The van der Waals surface area contributed by atoms with Crippen LogP contribution in [0.5, 0.6) is 11.5 Å². The second kappa shape index (κ2) is 7.67. The predicted molar refractivity (Wildman–Crippen MR) is 116 cm³/mol. The number of nitrogens with two attached hydrogens (primary N) is 1. The van der Waals surface area contributed by atoms with Crippen molar-refractivity contribution in [3.63, 3.8) is 0 Å². The van der Waals surface area contributed by atoms with E-state index in [1.54, 1.807) is 0 Å². The number of anilines is 1. The Morgan fingerprint density at radius 3 is 2.09 bits per heavy atom. The molecule has 11 nitrogen and oxygen atoms in total. The second-order valence-corrected chi connectivity index (χ2v) is 9.74. The van der Waals surface area contributed by atoms with Crippen LogP contribution >= 0.6 is 0 Å². The van der Waals surface area contributed by atoms with E-state index in [2.05, 4.69) is 10.2 Å². The molecule has 0 radical (unpaired) electrons. The number of rotatable bonds is 4. The Labute approximate surface area is 186 Å². The fourth-order valence-electron chi connectivity index (χ4n) is 3.28. The number of hydrogen-bond donors (Lipinski definition) is 3. The SMILES string of the molecule is Nc1ccc2c(O)c(N=Nc3ccc4c(O)cc(S(=O)(=O)[O-])cc4c3)c(S(=O)(=O)[O-])cc2c1. The lowest BCUT2D eigenvalue weighted by atomic mass is 10.1. The van der Waals surface area contributed by atoms with Gasteiger partial charge in [0.2, 0.25) is 0 Å². The van der Waals surface area contributed by atoms with Crippen molar-refractivity contribution in [3.8, 4) is 11.5 Å². The highest BCUT2D eigenvalue weighted by molar-refractivity contribution is 7.86. The summed E-state index contributed by atoms with van der Waals surface area (Å²) in [5.41, 5.74) is 5.41. The summed E-state index contributed by atoms with van der Waals surface area (Å²) in [5.74, 6) is -1.06. The maximum atomic E-state index is 11.8. The molecule has 0 aliphatic carbocycles. The number of benzene rings is 4. The van der Waals surface area contributed by atoms with Crippen molar-refractivity contribution >= 4 is 58.8 Å². The predicted octanol–water partition coefficient (Wildman–Crippen LogP) is 3.21. The van der Waals surface area contributed by atoms with E-state index in [-0.39, 0.29) is 32.9 Å². The van der Waals surface area contributed by atoms with E-state index in [0.29, 0.717) is 0 Å². The number of hydrogen-bond acceptors (Lipinski definition) is 11. The molecule has 0 aliphatic rings. The molecule has 0 spiro atoms. The normalized spacial score (nSPS) is 12.7. The lowest BCUT2D eigenvalue weighted by molar-refractivity contribution is 0.457. The van der Waals surface area contributed by atoms with Gasteiger partial charge in [-0.15, -0.1) is 5.11 Å². The lowest BCUT2D eigenvalue weighted by Crippen LogP contribution is -1.99. The highest BCUT2D eigenvalue weighted by Gasteiger charge is 2.18. The third-order valence-electron chi connectivity index (χ3n) is 4.79. The average Bonchev–Trinajstić information content (AvgIpc) is 2.71. The first-order valence-electron chi connectivity index (χ1n) is 9.00. The molecule has 0 unspecified atom stereocenters. The molecular weight excluding hydrogens is 474 g/mol. The Morgan fingerprint density at radius 1 is 0.758 bits per heavy atom. The zero-order valence-electron chi connectivity index (χ0n) is 16.3. The zero-order chi connectivity index (χ0) is 24.1. The minimum Gasteiger partial charge on any atom is -0.744 e. The van der Waals surface area contributed by atoms with Crippen LogP contribution in [0.4, 0.5) is 17.1 Å². The van der Waals surface area contributed by atoms with E-state index in [4.69, 9.17) is 5.73 Å². The van der Waals surface area contributed by atoms with Crippen LogP contribution in [0.15, 0.2) is 74.6 Å². The number of nitrogen functional groups attached to an aromatic ring is 1. The van der Waals surface area contributed by atoms with Crippen molar-refractivity contribution < 1.29 is 36.2 Å². The molecule has 4 N–H and O–H groups in total. The summed E-state index contributed by atoms with van der Waals surface area (Å²) >= 11 is 0. The Hall–Kier alpha value is -3.78. The summed E-state index contributed by atoms with van der Waals surface area (Å²) < 4.78 is 69.2. The molecule has 33 heavy (non-hydrogen) atoms. The molecule has 170 valence electrons. The standard InChI is InChI=1S/C20H15N3O8S2/c21-12-1-3-16-10(5-12)8-18(33(29,30)31)19(20(16)25)23-22-13-2-4-15-11(6-13)7-14(9-17(15)24)32(26,27)28/h1-9,24-25H,21H2,(H,26,27,28)(H,29,30,31)/p-2. The van der Waals surface area contributed by atoms with Crippen molar-refractivity contribution in [2.45, 2.75) is 9.79 Å². The van der Waals surface area contributed by atoms with E-state index in [9.17, 15) is 36.2 Å². The van der Waals surface area contributed by atoms with Crippen LogP contribution in [0.3, 0.4) is 0 Å². The Morgan fingerprint density at radius 2 is 1.42 bits per heavy atom. The number of aromatic hydroxyl groups is 2. The summed E-state index contributed by atoms with van der Waals surface area (Å²) in [6.45, 7) is 0. The van der Waals surface area contributed by atoms with Gasteiger partial charge in [0.05, 0.1) is 15.5 Å². The molecule has 0 fully saturated rings. The fourth-order valence-corrected chi connectivity index (χ4v) is 4.45. The van der Waals surface area contributed by atoms with Crippen LogP contribution in [0.2, 0.25) is 0 Å². The summed E-state index contributed by atoms with van der Waals surface area (Å²) in [5, 5.41) is 28.9. The van der Waals surface area contributed by atoms with Crippen molar-refractivity contribution in [2.75, 3.05) is 5.73 Å². The Balaban J connectivity index is 1.89. The van der Waals surface area contributed by atoms with Gasteiger partial charge in [0.1, 0.15) is 31.7 Å². The van der Waals surface area contributed by atoms with Gasteiger partial charge in [-0.25, -0.2) is 16.8 Å². The maximum Gasteiger partial charge on any atom is 0.152 e. The largest absolute Gasteiger partial charge is 0.744 e. The van der Waals surface area contributed by atoms with Crippen molar-refractivity contribution in [3.05, 3.63) is 54.6 Å². The van der Waals surface area contributed by atoms with Crippen molar-refractivity contribution in [1.29, 1.82) is 0 Å². The maximum absolute atomic E-state index is 11.8. The van der Waals surface area contributed by atoms with Crippen LogP contribution in [0, 0.1) is 0 Å². The monoisotopic (exact) mass is 487 g/mol. The number of azo groups is 1. The first-order valence-corrected chi connectivity index (χ1v) is 11.8. The van der Waals surface area contributed by atoms with Crippen molar-refractivity contribution in [2.24, 2.45) is 10.2 Å². The Bertz CT molecular complexity index is 1700. The molecule has 0 atom stereocenters. The first kappa shape index (κ1) is 22.4. The second-order valence-electron chi connectivity index (χ2n) is 7.01. The van der Waals surface area contributed by atoms with Crippen LogP contribution in [0.25, 0.3) is 21.5 Å². The zero-order valence-corrected chi connectivity index (χ0v) is 18.0.